The lowest BCUT2D eigenvalue weighted by Crippen LogP contribution is -2.44. The zero-order chi connectivity index (χ0) is 21.6. The van der Waals surface area contributed by atoms with E-state index >= 15 is 0 Å². The van der Waals surface area contributed by atoms with E-state index in [4.69, 9.17) is 39.5 Å². The molecule has 0 radical (unpaired) electrons. The monoisotopic (exact) mass is 470 g/mol. The predicted octanol–water partition coefficient (Wildman–Crippen LogP) is 4.73. The number of esters is 1. The van der Waals surface area contributed by atoms with Crippen LogP contribution >= 0.6 is 34.8 Å². The van der Waals surface area contributed by atoms with E-state index in [1.54, 1.807) is 0 Å². The van der Waals surface area contributed by atoms with Gasteiger partial charge in [-0.1, -0.05) is 71.2 Å². The molecule has 8 heteroatoms. The van der Waals surface area contributed by atoms with Gasteiger partial charge in [-0.25, -0.2) is 0 Å². The third-order valence-electron chi connectivity index (χ3n) is 5.21. The Morgan fingerprint density at radius 3 is 2.50 bits per heavy atom. The maximum Gasteiger partial charge on any atom is 0.305 e. The standard InChI is InChI=1S/C22H25Cl3N2O3/c23-22(24,25)15-30-20(28)9-4-12-27-13-10-17(11-14-27)26-21(29)19-8-3-6-16-5-1-2-7-18(16)19/h1-3,5-8,17H,4,9-15H2,(H,26,29). The Hall–Kier alpha value is -1.53. The summed E-state index contributed by atoms with van der Waals surface area (Å²) in [6.45, 7) is 2.32. The van der Waals surface area contributed by atoms with Crippen LogP contribution in [0.1, 0.15) is 36.0 Å². The number of nitrogens with zero attached hydrogens (tertiary/aromatic N) is 1. The van der Waals surface area contributed by atoms with Crippen LogP contribution in [0, 0.1) is 0 Å². The highest BCUT2D eigenvalue weighted by atomic mass is 35.6. The fourth-order valence-corrected chi connectivity index (χ4v) is 3.83. The number of rotatable bonds is 7. The van der Waals surface area contributed by atoms with E-state index in [2.05, 4.69) is 10.2 Å². The first-order valence-electron chi connectivity index (χ1n) is 10.1. The van der Waals surface area contributed by atoms with Crippen molar-refractivity contribution >= 4 is 57.5 Å². The first-order chi connectivity index (χ1) is 14.3. The number of hydrogen-bond acceptors (Lipinski definition) is 4. The molecule has 1 saturated heterocycles. The van der Waals surface area contributed by atoms with Gasteiger partial charge in [0.05, 0.1) is 0 Å². The van der Waals surface area contributed by atoms with Gasteiger partial charge >= 0.3 is 5.97 Å². The lowest BCUT2D eigenvalue weighted by atomic mass is 10.0. The van der Waals surface area contributed by atoms with E-state index in [1.165, 1.54) is 0 Å². The molecule has 5 nitrogen and oxygen atoms in total. The summed E-state index contributed by atoms with van der Waals surface area (Å²) in [5.41, 5.74) is 0.712. The Labute approximate surface area is 191 Å². The van der Waals surface area contributed by atoms with Crippen molar-refractivity contribution < 1.29 is 14.3 Å². The highest BCUT2D eigenvalue weighted by molar-refractivity contribution is 6.67. The summed E-state index contributed by atoms with van der Waals surface area (Å²) < 4.78 is 3.35. The van der Waals surface area contributed by atoms with Crippen molar-refractivity contribution in [1.29, 1.82) is 0 Å². The van der Waals surface area contributed by atoms with Crippen LogP contribution in [0.25, 0.3) is 10.8 Å². The van der Waals surface area contributed by atoms with Gasteiger partial charge in [0.25, 0.3) is 5.91 Å². The van der Waals surface area contributed by atoms with Crippen molar-refractivity contribution in [2.75, 3.05) is 26.2 Å². The number of carbonyl (C=O) groups is 2. The number of hydrogen-bond donors (Lipinski definition) is 1. The molecule has 1 amide bonds. The number of fused-ring (bicyclic) bond motifs is 1. The molecule has 162 valence electrons. The van der Waals surface area contributed by atoms with Gasteiger partial charge in [0.1, 0.15) is 6.61 Å². The van der Waals surface area contributed by atoms with Crippen LogP contribution in [0.4, 0.5) is 0 Å². The number of halogens is 3. The zero-order valence-corrected chi connectivity index (χ0v) is 18.8. The minimum absolute atomic E-state index is 0.0260. The lowest BCUT2D eigenvalue weighted by molar-refractivity contribution is -0.143. The van der Waals surface area contributed by atoms with E-state index in [-0.39, 0.29) is 24.5 Å². The van der Waals surface area contributed by atoms with Crippen molar-refractivity contribution in [3.8, 4) is 0 Å². The Balaban J connectivity index is 1.39. The van der Waals surface area contributed by atoms with Crippen LogP contribution in [-0.2, 0) is 9.53 Å². The van der Waals surface area contributed by atoms with Crippen LogP contribution in [0.15, 0.2) is 42.5 Å². The molecule has 1 aliphatic heterocycles. The first kappa shape index (κ1) is 23.1. The van der Waals surface area contributed by atoms with Crippen molar-refractivity contribution in [3.05, 3.63) is 48.0 Å². The number of carbonyl (C=O) groups excluding carboxylic acids is 2. The number of likely N-dealkylation sites (tertiary alicyclic amines) is 1. The molecule has 30 heavy (non-hydrogen) atoms. The Morgan fingerprint density at radius 2 is 1.77 bits per heavy atom. The molecule has 1 heterocycles. The van der Waals surface area contributed by atoms with E-state index in [1.807, 2.05) is 42.5 Å². The second kappa shape index (κ2) is 10.7. The summed E-state index contributed by atoms with van der Waals surface area (Å²) in [6.07, 6.45) is 2.74. The summed E-state index contributed by atoms with van der Waals surface area (Å²) in [5, 5.41) is 5.21. The average Bonchev–Trinajstić information content (AvgIpc) is 2.72. The Kier molecular flexibility index (Phi) is 8.23. The number of benzene rings is 2. The SMILES string of the molecule is O=C(CCCN1CCC(NC(=O)c2cccc3ccccc23)CC1)OCC(Cl)(Cl)Cl. The minimum Gasteiger partial charge on any atom is -0.461 e. The molecule has 0 spiro atoms. The number of ether oxygens (including phenoxy) is 1. The van der Waals surface area contributed by atoms with E-state index in [0.717, 1.165) is 43.2 Å². The van der Waals surface area contributed by atoms with Crippen molar-refractivity contribution in [2.24, 2.45) is 0 Å². The number of piperidine rings is 1. The van der Waals surface area contributed by atoms with Gasteiger partial charge < -0.3 is 15.0 Å². The van der Waals surface area contributed by atoms with Crippen molar-refractivity contribution in [3.63, 3.8) is 0 Å². The molecule has 1 fully saturated rings. The maximum atomic E-state index is 12.8. The van der Waals surface area contributed by atoms with Gasteiger partial charge in [-0.05, 0) is 42.6 Å². The molecule has 0 aromatic heterocycles. The van der Waals surface area contributed by atoms with E-state index in [0.29, 0.717) is 18.4 Å². The summed E-state index contributed by atoms with van der Waals surface area (Å²) in [4.78, 5) is 26.7. The number of alkyl halides is 3. The van der Waals surface area contributed by atoms with Gasteiger partial charge in [-0.3, -0.25) is 9.59 Å². The quantitative estimate of drug-likeness (QED) is 0.468. The van der Waals surface area contributed by atoms with Crippen molar-refractivity contribution in [1.82, 2.24) is 10.2 Å². The van der Waals surface area contributed by atoms with Crippen LogP contribution in [0.3, 0.4) is 0 Å². The van der Waals surface area contributed by atoms with E-state index < -0.39 is 3.79 Å². The van der Waals surface area contributed by atoms with Gasteiger partial charge in [-0.15, -0.1) is 0 Å². The molecule has 0 saturated carbocycles. The third kappa shape index (κ3) is 7.02. The highest BCUT2D eigenvalue weighted by Gasteiger charge is 2.23. The number of nitrogens with one attached hydrogen (secondary N) is 1. The molecule has 0 atom stereocenters. The van der Waals surface area contributed by atoms with Gasteiger partial charge in [0.2, 0.25) is 3.79 Å². The summed E-state index contributed by atoms with van der Waals surface area (Å²) in [6, 6.07) is 13.9. The largest absolute Gasteiger partial charge is 0.461 e. The third-order valence-corrected chi connectivity index (χ3v) is 5.54. The maximum absolute atomic E-state index is 12.8. The fraction of sp³-hybridized carbons (Fsp3) is 0.455. The molecule has 3 rings (SSSR count). The molecule has 0 bridgehead atoms. The topological polar surface area (TPSA) is 58.6 Å². The number of amides is 1. The molecule has 2 aromatic carbocycles. The second-order valence-corrected chi connectivity index (χ2v) is 10.0. The summed E-state index contributed by atoms with van der Waals surface area (Å²) in [7, 11) is 0. The van der Waals surface area contributed by atoms with Gasteiger partial charge in [-0.2, -0.15) is 0 Å². The zero-order valence-electron chi connectivity index (χ0n) is 16.6. The average molecular weight is 472 g/mol. The fourth-order valence-electron chi connectivity index (χ4n) is 3.67. The normalized spacial score (nSPS) is 15.8. The Bertz CT molecular complexity index is 872. The molecular weight excluding hydrogens is 447 g/mol. The van der Waals surface area contributed by atoms with Gasteiger partial charge in [0, 0.05) is 31.1 Å². The molecule has 1 aliphatic rings. The predicted molar refractivity (Wildman–Crippen MR) is 121 cm³/mol. The van der Waals surface area contributed by atoms with Crippen LogP contribution < -0.4 is 5.32 Å². The molecule has 2 aromatic rings. The van der Waals surface area contributed by atoms with Crippen LogP contribution in [0.5, 0.6) is 0 Å². The summed E-state index contributed by atoms with van der Waals surface area (Å²) in [5.74, 6) is -0.388. The smallest absolute Gasteiger partial charge is 0.305 e. The lowest BCUT2D eigenvalue weighted by Gasteiger charge is -2.32. The van der Waals surface area contributed by atoms with Gasteiger partial charge in [0.15, 0.2) is 0 Å². The van der Waals surface area contributed by atoms with Crippen molar-refractivity contribution in [2.45, 2.75) is 35.5 Å². The van der Waals surface area contributed by atoms with E-state index in [9.17, 15) is 9.59 Å². The molecule has 0 unspecified atom stereocenters. The molecule has 0 aliphatic carbocycles. The first-order valence-corrected chi connectivity index (χ1v) is 11.2. The van der Waals surface area contributed by atoms with Crippen LogP contribution in [-0.4, -0.2) is 52.9 Å². The minimum atomic E-state index is -1.58. The second-order valence-electron chi connectivity index (χ2n) is 7.50. The highest BCUT2D eigenvalue weighted by Crippen LogP contribution is 2.26. The molecule has 1 N–H and O–H groups in total. The molecular formula is C22H25Cl3N2O3. The van der Waals surface area contributed by atoms with Crippen LogP contribution in [0.2, 0.25) is 0 Å². The Morgan fingerprint density at radius 1 is 1.07 bits per heavy atom. The summed E-state index contributed by atoms with van der Waals surface area (Å²) >= 11 is 16.7.